The summed E-state index contributed by atoms with van der Waals surface area (Å²) in [6, 6.07) is 5.97. The van der Waals surface area contributed by atoms with Gasteiger partial charge in [-0.2, -0.15) is 0 Å². The van der Waals surface area contributed by atoms with Crippen LogP contribution >= 0.6 is 11.3 Å². The van der Waals surface area contributed by atoms with E-state index in [1.807, 2.05) is 18.2 Å². The summed E-state index contributed by atoms with van der Waals surface area (Å²) in [4.78, 5) is 7.24. The first-order chi connectivity index (χ1) is 7.86. The second-order valence-electron chi connectivity index (χ2n) is 3.34. The largest absolute Gasteiger partial charge is 0.345 e. The van der Waals surface area contributed by atoms with Gasteiger partial charge in [-0.1, -0.05) is 11.3 Å². The molecule has 2 heterocycles. The van der Waals surface area contributed by atoms with Crippen molar-refractivity contribution in [1.29, 1.82) is 0 Å². The SMILES string of the molecule is NCc1nnc(-c2ccc3nc[nH]c3c2)s1. The van der Waals surface area contributed by atoms with E-state index in [1.165, 1.54) is 11.3 Å². The summed E-state index contributed by atoms with van der Waals surface area (Å²) >= 11 is 1.52. The molecule has 3 rings (SSSR count). The molecule has 3 N–H and O–H groups in total. The van der Waals surface area contributed by atoms with Gasteiger partial charge in [0.1, 0.15) is 10.0 Å². The minimum Gasteiger partial charge on any atom is -0.345 e. The van der Waals surface area contributed by atoms with E-state index in [-0.39, 0.29) is 0 Å². The third-order valence-electron chi connectivity index (χ3n) is 2.31. The van der Waals surface area contributed by atoms with Crippen LogP contribution in [0, 0.1) is 0 Å². The lowest BCUT2D eigenvalue weighted by Crippen LogP contribution is -1.94. The van der Waals surface area contributed by atoms with Crippen molar-refractivity contribution in [3.8, 4) is 10.6 Å². The molecule has 80 valence electrons. The number of imidazole rings is 1. The number of benzene rings is 1. The van der Waals surface area contributed by atoms with Gasteiger partial charge in [0.05, 0.1) is 17.4 Å². The molecule has 3 aromatic rings. The Morgan fingerprint density at radius 1 is 1.31 bits per heavy atom. The Morgan fingerprint density at radius 2 is 2.25 bits per heavy atom. The van der Waals surface area contributed by atoms with Gasteiger partial charge >= 0.3 is 0 Å². The van der Waals surface area contributed by atoms with Gasteiger partial charge in [-0.05, 0) is 18.2 Å². The Morgan fingerprint density at radius 3 is 3.06 bits per heavy atom. The second kappa shape index (κ2) is 3.66. The summed E-state index contributed by atoms with van der Waals surface area (Å²) in [5, 5.41) is 9.83. The minimum atomic E-state index is 0.434. The van der Waals surface area contributed by atoms with Crippen LogP contribution in [-0.2, 0) is 6.54 Å². The number of nitrogens with two attached hydrogens (primary N) is 1. The molecule has 0 saturated carbocycles. The predicted octanol–water partition coefficient (Wildman–Crippen LogP) is 1.54. The fraction of sp³-hybridized carbons (Fsp3) is 0.100. The van der Waals surface area contributed by atoms with E-state index >= 15 is 0 Å². The molecular weight excluding hydrogens is 222 g/mol. The lowest BCUT2D eigenvalue weighted by Gasteiger charge is -1.94. The van der Waals surface area contributed by atoms with Gasteiger partial charge in [0.2, 0.25) is 0 Å². The number of aromatic amines is 1. The monoisotopic (exact) mass is 231 g/mol. The number of fused-ring (bicyclic) bond motifs is 1. The summed E-state index contributed by atoms with van der Waals surface area (Å²) < 4.78 is 0. The van der Waals surface area contributed by atoms with E-state index in [9.17, 15) is 0 Å². The van der Waals surface area contributed by atoms with Gasteiger partial charge in [-0.15, -0.1) is 10.2 Å². The van der Waals surface area contributed by atoms with Crippen LogP contribution in [0.5, 0.6) is 0 Å². The molecule has 0 spiro atoms. The number of nitrogens with zero attached hydrogens (tertiary/aromatic N) is 3. The van der Waals surface area contributed by atoms with Gasteiger partial charge < -0.3 is 10.7 Å². The number of hydrogen-bond donors (Lipinski definition) is 2. The molecule has 6 heteroatoms. The Labute approximate surface area is 95.4 Å². The van der Waals surface area contributed by atoms with Crippen molar-refractivity contribution in [1.82, 2.24) is 20.2 Å². The van der Waals surface area contributed by atoms with Gasteiger partial charge in [0, 0.05) is 12.1 Å². The average Bonchev–Trinajstić information content (AvgIpc) is 2.96. The normalized spacial score (nSPS) is 11.1. The quantitative estimate of drug-likeness (QED) is 0.701. The van der Waals surface area contributed by atoms with Crippen molar-refractivity contribution >= 4 is 22.4 Å². The van der Waals surface area contributed by atoms with E-state index in [1.54, 1.807) is 6.33 Å². The van der Waals surface area contributed by atoms with Crippen LogP contribution in [0.2, 0.25) is 0 Å². The molecule has 0 bridgehead atoms. The number of rotatable bonds is 2. The number of nitrogens with one attached hydrogen (secondary N) is 1. The molecule has 0 saturated heterocycles. The second-order valence-corrected chi connectivity index (χ2v) is 4.40. The van der Waals surface area contributed by atoms with Gasteiger partial charge in [-0.25, -0.2) is 4.98 Å². The topological polar surface area (TPSA) is 80.5 Å². The third-order valence-corrected chi connectivity index (χ3v) is 3.30. The van der Waals surface area contributed by atoms with E-state index < -0.39 is 0 Å². The maximum atomic E-state index is 5.51. The van der Waals surface area contributed by atoms with Crippen LogP contribution in [0.1, 0.15) is 5.01 Å². The lowest BCUT2D eigenvalue weighted by atomic mass is 10.2. The highest BCUT2D eigenvalue weighted by atomic mass is 32.1. The molecule has 0 aliphatic carbocycles. The molecule has 16 heavy (non-hydrogen) atoms. The molecular formula is C10H9N5S. The molecule has 1 aromatic carbocycles. The average molecular weight is 231 g/mol. The van der Waals surface area contributed by atoms with E-state index in [4.69, 9.17) is 5.73 Å². The van der Waals surface area contributed by atoms with Gasteiger partial charge in [0.25, 0.3) is 0 Å². The van der Waals surface area contributed by atoms with Crippen LogP contribution in [0.15, 0.2) is 24.5 Å². The first kappa shape index (κ1) is 9.44. The maximum absolute atomic E-state index is 5.51. The van der Waals surface area contributed by atoms with Gasteiger partial charge in [-0.3, -0.25) is 0 Å². The lowest BCUT2D eigenvalue weighted by molar-refractivity contribution is 0.960. The minimum absolute atomic E-state index is 0.434. The van der Waals surface area contributed by atoms with Crippen molar-refractivity contribution in [2.45, 2.75) is 6.54 Å². The fourth-order valence-electron chi connectivity index (χ4n) is 1.52. The molecule has 0 aliphatic rings. The maximum Gasteiger partial charge on any atom is 0.147 e. The third kappa shape index (κ3) is 1.48. The predicted molar refractivity (Wildman–Crippen MR) is 62.9 cm³/mol. The first-order valence-electron chi connectivity index (χ1n) is 4.83. The summed E-state index contributed by atoms with van der Waals surface area (Å²) in [5.41, 5.74) is 8.50. The van der Waals surface area contributed by atoms with E-state index in [2.05, 4.69) is 20.2 Å². The zero-order valence-corrected chi connectivity index (χ0v) is 9.16. The van der Waals surface area contributed by atoms with Crippen LogP contribution in [0.25, 0.3) is 21.6 Å². The van der Waals surface area contributed by atoms with Crippen molar-refractivity contribution in [3.05, 3.63) is 29.5 Å². The molecule has 0 atom stereocenters. The summed E-state index contributed by atoms with van der Waals surface area (Å²) in [6.07, 6.45) is 1.68. The fourth-order valence-corrected chi connectivity index (χ4v) is 2.24. The highest BCUT2D eigenvalue weighted by molar-refractivity contribution is 7.14. The standard InChI is InChI=1S/C10H9N5S/c11-4-9-14-15-10(16-9)6-1-2-7-8(3-6)13-5-12-7/h1-3,5H,4,11H2,(H,12,13). The number of H-pyrrole nitrogens is 1. The zero-order chi connectivity index (χ0) is 11.0. The van der Waals surface area contributed by atoms with E-state index in [0.717, 1.165) is 26.6 Å². The van der Waals surface area contributed by atoms with Crippen LogP contribution < -0.4 is 5.73 Å². The molecule has 0 fully saturated rings. The Hall–Kier alpha value is -1.79. The number of hydrogen-bond acceptors (Lipinski definition) is 5. The highest BCUT2D eigenvalue weighted by Crippen LogP contribution is 2.25. The Kier molecular flexibility index (Phi) is 2.16. The summed E-state index contributed by atoms with van der Waals surface area (Å²) in [7, 11) is 0. The van der Waals surface area contributed by atoms with Crippen molar-refractivity contribution in [3.63, 3.8) is 0 Å². The molecule has 5 nitrogen and oxygen atoms in total. The molecule has 0 unspecified atom stereocenters. The summed E-state index contributed by atoms with van der Waals surface area (Å²) in [6.45, 7) is 0.434. The van der Waals surface area contributed by atoms with Crippen molar-refractivity contribution < 1.29 is 0 Å². The number of aromatic nitrogens is 4. The molecule has 0 radical (unpaired) electrons. The molecule has 2 aromatic heterocycles. The summed E-state index contributed by atoms with van der Waals surface area (Å²) in [5.74, 6) is 0. The first-order valence-corrected chi connectivity index (χ1v) is 5.64. The van der Waals surface area contributed by atoms with E-state index in [0.29, 0.717) is 6.54 Å². The van der Waals surface area contributed by atoms with Crippen molar-refractivity contribution in [2.24, 2.45) is 5.73 Å². The molecule has 0 aliphatic heterocycles. The van der Waals surface area contributed by atoms with Gasteiger partial charge in [0.15, 0.2) is 0 Å². The Balaban J connectivity index is 2.10. The van der Waals surface area contributed by atoms with Crippen LogP contribution in [-0.4, -0.2) is 20.2 Å². The van der Waals surface area contributed by atoms with Crippen LogP contribution in [0.3, 0.4) is 0 Å². The zero-order valence-electron chi connectivity index (χ0n) is 8.34. The smallest absolute Gasteiger partial charge is 0.147 e. The highest BCUT2D eigenvalue weighted by Gasteiger charge is 2.06. The Bertz CT molecular complexity index is 627. The van der Waals surface area contributed by atoms with Crippen molar-refractivity contribution in [2.75, 3.05) is 0 Å². The van der Waals surface area contributed by atoms with Crippen LogP contribution in [0.4, 0.5) is 0 Å². The molecule has 0 amide bonds.